The lowest BCUT2D eigenvalue weighted by Gasteiger charge is -2.43. The number of rotatable bonds is 4. The molecular formula is C16H23FN2. The van der Waals surface area contributed by atoms with Crippen LogP contribution in [0.25, 0.3) is 0 Å². The number of hydrogen-bond acceptors (Lipinski definition) is 2. The van der Waals surface area contributed by atoms with Gasteiger partial charge in [0.2, 0.25) is 0 Å². The van der Waals surface area contributed by atoms with Crippen molar-refractivity contribution in [2.75, 3.05) is 13.1 Å². The molecule has 1 saturated heterocycles. The molecule has 3 rings (SSSR count). The van der Waals surface area contributed by atoms with Gasteiger partial charge in [-0.2, -0.15) is 0 Å². The number of nitrogens with two attached hydrogens (primary N) is 1. The maximum absolute atomic E-state index is 13.9. The van der Waals surface area contributed by atoms with E-state index in [1.807, 2.05) is 12.1 Å². The summed E-state index contributed by atoms with van der Waals surface area (Å²) in [6.45, 7) is 3.93. The van der Waals surface area contributed by atoms with Crippen LogP contribution in [0.4, 0.5) is 4.39 Å². The van der Waals surface area contributed by atoms with Crippen LogP contribution in [0.2, 0.25) is 0 Å². The van der Waals surface area contributed by atoms with E-state index >= 15 is 0 Å². The molecule has 1 aliphatic heterocycles. The normalized spacial score (nSPS) is 29.6. The van der Waals surface area contributed by atoms with Crippen LogP contribution in [0.5, 0.6) is 0 Å². The Hall–Kier alpha value is -0.930. The summed E-state index contributed by atoms with van der Waals surface area (Å²) in [6.07, 6.45) is 4.67. The minimum Gasteiger partial charge on any atom is -0.329 e. The van der Waals surface area contributed by atoms with E-state index in [0.717, 1.165) is 18.0 Å². The van der Waals surface area contributed by atoms with Crippen LogP contribution in [0, 0.1) is 11.7 Å². The van der Waals surface area contributed by atoms with E-state index in [0.29, 0.717) is 19.0 Å². The van der Waals surface area contributed by atoms with Crippen molar-refractivity contribution in [1.82, 2.24) is 4.90 Å². The van der Waals surface area contributed by atoms with Crippen LogP contribution in [-0.2, 0) is 6.42 Å². The number of halogens is 1. The summed E-state index contributed by atoms with van der Waals surface area (Å²) in [6, 6.07) is 7.76. The summed E-state index contributed by atoms with van der Waals surface area (Å²) in [5.74, 6) is 0.739. The van der Waals surface area contributed by atoms with Gasteiger partial charge in [-0.05, 0) is 50.2 Å². The monoisotopic (exact) mass is 262 g/mol. The van der Waals surface area contributed by atoms with Gasteiger partial charge in [0.25, 0.3) is 0 Å². The zero-order valence-electron chi connectivity index (χ0n) is 11.6. The van der Waals surface area contributed by atoms with Crippen molar-refractivity contribution in [2.24, 2.45) is 11.7 Å². The Kier molecular flexibility index (Phi) is 3.35. The molecule has 104 valence electrons. The number of fused-ring (bicyclic) bond motifs is 2. The third-order valence-electron chi connectivity index (χ3n) is 5.07. The van der Waals surface area contributed by atoms with Crippen molar-refractivity contribution in [2.45, 2.75) is 44.2 Å². The van der Waals surface area contributed by atoms with Crippen molar-refractivity contribution >= 4 is 0 Å². The Morgan fingerprint density at radius 2 is 2.16 bits per heavy atom. The number of likely N-dealkylation sites (tertiary alicyclic amines) is 1. The van der Waals surface area contributed by atoms with E-state index in [2.05, 4.69) is 11.8 Å². The molecule has 0 spiro atoms. The van der Waals surface area contributed by atoms with Gasteiger partial charge in [-0.15, -0.1) is 0 Å². The molecule has 1 aromatic carbocycles. The summed E-state index contributed by atoms with van der Waals surface area (Å²) >= 11 is 0. The Labute approximate surface area is 114 Å². The molecule has 0 amide bonds. The van der Waals surface area contributed by atoms with Crippen LogP contribution in [0.1, 0.15) is 31.7 Å². The lowest BCUT2D eigenvalue weighted by molar-refractivity contribution is 0.0739. The summed E-state index contributed by atoms with van der Waals surface area (Å²) in [7, 11) is 0. The fourth-order valence-corrected chi connectivity index (χ4v) is 3.93. The molecule has 1 heterocycles. The smallest absolute Gasteiger partial charge is 0.126 e. The largest absolute Gasteiger partial charge is 0.329 e. The highest BCUT2D eigenvalue weighted by Gasteiger charge is 2.45. The summed E-state index contributed by atoms with van der Waals surface area (Å²) in [5, 5.41) is 0. The first-order valence-electron chi connectivity index (χ1n) is 7.32. The van der Waals surface area contributed by atoms with Gasteiger partial charge in [-0.3, -0.25) is 4.90 Å². The first-order valence-corrected chi connectivity index (χ1v) is 7.32. The van der Waals surface area contributed by atoms with E-state index in [4.69, 9.17) is 5.73 Å². The highest BCUT2D eigenvalue weighted by molar-refractivity contribution is 5.21. The number of hydrogen-bond donors (Lipinski definition) is 1. The third kappa shape index (κ3) is 2.30. The van der Waals surface area contributed by atoms with Gasteiger partial charge in [0.05, 0.1) is 0 Å². The van der Waals surface area contributed by atoms with Crippen molar-refractivity contribution < 1.29 is 4.39 Å². The van der Waals surface area contributed by atoms with Gasteiger partial charge in [0, 0.05) is 24.7 Å². The summed E-state index contributed by atoms with van der Waals surface area (Å²) < 4.78 is 13.9. The number of nitrogens with zero attached hydrogens (tertiary/aromatic N) is 1. The van der Waals surface area contributed by atoms with Crippen molar-refractivity contribution in [3.8, 4) is 0 Å². The Morgan fingerprint density at radius 3 is 2.74 bits per heavy atom. The van der Waals surface area contributed by atoms with Crippen LogP contribution < -0.4 is 5.73 Å². The quantitative estimate of drug-likeness (QED) is 0.903. The zero-order chi connectivity index (χ0) is 13.5. The molecule has 0 radical (unpaired) electrons. The second kappa shape index (κ2) is 4.88. The van der Waals surface area contributed by atoms with Gasteiger partial charge >= 0.3 is 0 Å². The molecule has 1 aromatic rings. The van der Waals surface area contributed by atoms with Crippen LogP contribution in [0.15, 0.2) is 24.3 Å². The Morgan fingerprint density at radius 1 is 1.37 bits per heavy atom. The Balaban J connectivity index is 1.81. The van der Waals surface area contributed by atoms with Gasteiger partial charge in [-0.1, -0.05) is 18.2 Å². The molecular weight excluding hydrogens is 239 g/mol. The van der Waals surface area contributed by atoms with E-state index < -0.39 is 0 Å². The van der Waals surface area contributed by atoms with E-state index in [1.54, 1.807) is 12.1 Å². The minimum absolute atomic E-state index is 0.105. The minimum atomic E-state index is -0.109. The van der Waals surface area contributed by atoms with Crippen LogP contribution in [-0.4, -0.2) is 29.6 Å². The molecule has 2 nitrogen and oxygen atoms in total. The predicted octanol–water partition coefficient (Wildman–Crippen LogP) is 2.57. The fraction of sp³-hybridized carbons (Fsp3) is 0.625. The van der Waals surface area contributed by atoms with E-state index in [-0.39, 0.29) is 11.4 Å². The van der Waals surface area contributed by atoms with E-state index in [1.165, 1.54) is 19.3 Å². The molecule has 1 aliphatic carbocycles. The lowest BCUT2D eigenvalue weighted by atomic mass is 9.89. The molecule has 2 N–H and O–H groups in total. The van der Waals surface area contributed by atoms with Crippen LogP contribution >= 0.6 is 0 Å². The standard InChI is InChI=1S/C16H23FN2/c1-16(11-18,9-13-4-2-3-5-15(13)17)19-10-12-6-7-14(19)8-12/h2-5,12,14H,6-11,18H2,1H3. The Bertz CT molecular complexity index is 462. The van der Waals surface area contributed by atoms with Gasteiger partial charge in [0.15, 0.2) is 0 Å². The molecule has 3 heteroatoms. The molecule has 2 bridgehead atoms. The first kappa shape index (κ1) is 13.1. The van der Waals surface area contributed by atoms with Crippen molar-refractivity contribution in [1.29, 1.82) is 0 Å². The second-order valence-corrected chi connectivity index (χ2v) is 6.45. The fourth-order valence-electron chi connectivity index (χ4n) is 3.93. The number of benzene rings is 1. The molecule has 2 aliphatic rings. The van der Waals surface area contributed by atoms with Gasteiger partial charge < -0.3 is 5.73 Å². The zero-order valence-corrected chi connectivity index (χ0v) is 11.6. The first-order chi connectivity index (χ1) is 9.12. The highest BCUT2D eigenvalue weighted by Crippen LogP contribution is 2.42. The summed E-state index contributed by atoms with van der Waals surface area (Å²) in [5.41, 5.74) is 6.73. The van der Waals surface area contributed by atoms with Gasteiger partial charge in [0.1, 0.15) is 5.82 Å². The average Bonchev–Trinajstić information content (AvgIpc) is 3.04. The molecule has 19 heavy (non-hydrogen) atoms. The summed E-state index contributed by atoms with van der Waals surface area (Å²) in [4.78, 5) is 2.55. The van der Waals surface area contributed by atoms with Crippen LogP contribution in [0.3, 0.4) is 0 Å². The topological polar surface area (TPSA) is 29.3 Å². The molecule has 3 atom stereocenters. The third-order valence-corrected chi connectivity index (χ3v) is 5.07. The number of piperidine rings is 1. The average molecular weight is 262 g/mol. The lowest BCUT2D eigenvalue weighted by Crippen LogP contribution is -2.56. The molecule has 3 unspecified atom stereocenters. The van der Waals surface area contributed by atoms with E-state index in [9.17, 15) is 4.39 Å². The maximum atomic E-state index is 13.9. The highest BCUT2D eigenvalue weighted by atomic mass is 19.1. The molecule has 0 aromatic heterocycles. The second-order valence-electron chi connectivity index (χ2n) is 6.45. The SMILES string of the molecule is CC(CN)(Cc1ccccc1F)N1CC2CCC1C2. The predicted molar refractivity (Wildman–Crippen MR) is 75.4 cm³/mol. The molecule has 1 saturated carbocycles. The maximum Gasteiger partial charge on any atom is 0.126 e. The van der Waals surface area contributed by atoms with Crippen molar-refractivity contribution in [3.05, 3.63) is 35.6 Å². The molecule has 2 fully saturated rings. The van der Waals surface area contributed by atoms with Gasteiger partial charge in [-0.25, -0.2) is 4.39 Å². The van der Waals surface area contributed by atoms with Crippen molar-refractivity contribution in [3.63, 3.8) is 0 Å².